The summed E-state index contributed by atoms with van der Waals surface area (Å²) in [6.45, 7) is 12.1. The Kier molecular flexibility index (Phi) is 7.71. The second kappa shape index (κ2) is 8.47. The average Bonchev–Trinajstić information content (AvgIpc) is 2.31. The van der Waals surface area contributed by atoms with Gasteiger partial charge in [-0.15, -0.1) is 0 Å². The smallest absolute Gasteiger partial charge is 0.335 e. The van der Waals surface area contributed by atoms with Gasteiger partial charge in [-0.2, -0.15) is 0 Å². The molecule has 0 bridgehead atoms. The van der Waals surface area contributed by atoms with Crippen molar-refractivity contribution in [1.29, 1.82) is 0 Å². The molecule has 0 saturated carbocycles. The largest absolute Gasteiger partial charge is 0.456 e. The zero-order valence-electron chi connectivity index (χ0n) is 11.2. The van der Waals surface area contributed by atoms with E-state index in [9.17, 15) is 9.59 Å². The molecule has 1 atom stereocenters. The van der Waals surface area contributed by atoms with Gasteiger partial charge in [0.15, 0.2) is 6.61 Å². The van der Waals surface area contributed by atoms with E-state index in [1.807, 2.05) is 6.92 Å². The van der Waals surface area contributed by atoms with Crippen molar-refractivity contribution in [2.75, 3.05) is 13.2 Å². The Morgan fingerprint density at radius 1 is 1.11 bits per heavy atom. The lowest BCUT2D eigenvalue weighted by molar-refractivity contribution is -0.189. The van der Waals surface area contributed by atoms with Crippen molar-refractivity contribution in [2.24, 2.45) is 0 Å². The lowest BCUT2D eigenvalue weighted by atomic mass is 10.3. The van der Waals surface area contributed by atoms with Crippen LogP contribution in [0.3, 0.4) is 0 Å². The standard InChI is InChI=1S/C13H20O5/c1-6-7-16-11(18-13(15)10(4)5)8-17-12(14)9(2)3/h11H,2,4,6-8H2,1,3,5H3. The highest BCUT2D eigenvalue weighted by Crippen LogP contribution is 2.04. The second-order valence-electron chi connectivity index (χ2n) is 3.86. The number of rotatable bonds is 8. The molecule has 0 spiro atoms. The number of esters is 2. The third-order valence-electron chi connectivity index (χ3n) is 1.79. The molecule has 102 valence electrons. The second-order valence-corrected chi connectivity index (χ2v) is 3.86. The molecule has 0 amide bonds. The van der Waals surface area contributed by atoms with E-state index < -0.39 is 18.2 Å². The van der Waals surface area contributed by atoms with Crippen molar-refractivity contribution in [1.82, 2.24) is 0 Å². The lowest BCUT2D eigenvalue weighted by Crippen LogP contribution is -2.28. The van der Waals surface area contributed by atoms with Crippen LogP contribution in [-0.2, 0) is 23.8 Å². The zero-order chi connectivity index (χ0) is 14.1. The number of hydrogen-bond acceptors (Lipinski definition) is 5. The van der Waals surface area contributed by atoms with Crippen molar-refractivity contribution in [2.45, 2.75) is 33.5 Å². The fourth-order valence-electron chi connectivity index (χ4n) is 0.852. The lowest BCUT2D eigenvalue weighted by Gasteiger charge is -2.18. The van der Waals surface area contributed by atoms with Crippen LogP contribution in [-0.4, -0.2) is 31.4 Å². The first-order valence-electron chi connectivity index (χ1n) is 5.69. The van der Waals surface area contributed by atoms with Crippen molar-refractivity contribution >= 4 is 11.9 Å². The monoisotopic (exact) mass is 256 g/mol. The Morgan fingerprint density at radius 3 is 2.11 bits per heavy atom. The van der Waals surface area contributed by atoms with Crippen LogP contribution in [0, 0.1) is 0 Å². The number of carbonyl (C=O) groups is 2. The molecule has 0 aromatic rings. The minimum Gasteiger partial charge on any atom is -0.456 e. The molecule has 5 nitrogen and oxygen atoms in total. The first-order valence-corrected chi connectivity index (χ1v) is 5.69. The summed E-state index contributed by atoms with van der Waals surface area (Å²) in [5.41, 5.74) is 0.529. The van der Waals surface area contributed by atoms with Crippen molar-refractivity contribution in [3.05, 3.63) is 24.3 Å². The van der Waals surface area contributed by atoms with Gasteiger partial charge in [-0.3, -0.25) is 0 Å². The normalized spacial score (nSPS) is 11.5. The summed E-state index contributed by atoms with van der Waals surface area (Å²) in [5.74, 6) is -1.13. The molecule has 1 unspecified atom stereocenters. The summed E-state index contributed by atoms with van der Waals surface area (Å²) >= 11 is 0. The predicted molar refractivity (Wildman–Crippen MR) is 66.7 cm³/mol. The van der Waals surface area contributed by atoms with E-state index in [4.69, 9.17) is 14.2 Å². The number of carbonyl (C=O) groups excluding carboxylic acids is 2. The fraction of sp³-hybridized carbons (Fsp3) is 0.538. The van der Waals surface area contributed by atoms with E-state index in [1.165, 1.54) is 13.8 Å². The van der Waals surface area contributed by atoms with Crippen LogP contribution in [0.15, 0.2) is 24.3 Å². The number of ether oxygens (including phenoxy) is 3. The summed E-state index contributed by atoms with van der Waals surface area (Å²) < 4.78 is 15.1. The first-order chi connectivity index (χ1) is 8.38. The van der Waals surface area contributed by atoms with E-state index in [-0.39, 0.29) is 17.8 Å². The topological polar surface area (TPSA) is 61.8 Å². The Hall–Kier alpha value is -1.62. The highest BCUT2D eigenvalue weighted by atomic mass is 16.7. The van der Waals surface area contributed by atoms with E-state index in [2.05, 4.69) is 13.2 Å². The van der Waals surface area contributed by atoms with Gasteiger partial charge in [-0.1, -0.05) is 20.1 Å². The highest BCUT2D eigenvalue weighted by molar-refractivity contribution is 5.87. The Balaban J connectivity index is 4.30. The van der Waals surface area contributed by atoms with Crippen LogP contribution >= 0.6 is 0 Å². The molecule has 0 aromatic heterocycles. The van der Waals surface area contributed by atoms with Gasteiger partial charge < -0.3 is 14.2 Å². The third-order valence-corrected chi connectivity index (χ3v) is 1.79. The van der Waals surface area contributed by atoms with Gasteiger partial charge in [-0.25, -0.2) is 9.59 Å². The van der Waals surface area contributed by atoms with Crippen LogP contribution < -0.4 is 0 Å². The summed E-state index contributed by atoms with van der Waals surface area (Å²) in [4.78, 5) is 22.5. The van der Waals surface area contributed by atoms with Gasteiger partial charge in [-0.05, 0) is 20.3 Å². The minimum atomic E-state index is -0.919. The van der Waals surface area contributed by atoms with Crippen LogP contribution in [0.4, 0.5) is 0 Å². The molecule has 0 rings (SSSR count). The first kappa shape index (κ1) is 16.4. The van der Waals surface area contributed by atoms with Crippen molar-refractivity contribution in [3.8, 4) is 0 Å². The molecule has 18 heavy (non-hydrogen) atoms. The van der Waals surface area contributed by atoms with Gasteiger partial charge in [0.05, 0.1) is 6.61 Å². The van der Waals surface area contributed by atoms with Gasteiger partial charge in [0.1, 0.15) is 0 Å². The number of hydrogen-bond donors (Lipinski definition) is 0. The summed E-state index contributed by atoms with van der Waals surface area (Å²) in [6, 6.07) is 0. The third kappa shape index (κ3) is 6.85. The molecule has 0 fully saturated rings. The van der Waals surface area contributed by atoms with E-state index in [0.717, 1.165) is 6.42 Å². The van der Waals surface area contributed by atoms with Crippen molar-refractivity contribution in [3.63, 3.8) is 0 Å². The Labute approximate surface area is 107 Å². The SMILES string of the molecule is C=C(C)C(=O)OCC(OCCC)OC(=O)C(=C)C. The van der Waals surface area contributed by atoms with Crippen LogP contribution in [0.5, 0.6) is 0 Å². The van der Waals surface area contributed by atoms with E-state index in [1.54, 1.807) is 0 Å². The molecular weight excluding hydrogens is 236 g/mol. The van der Waals surface area contributed by atoms with E-state index in [0.29, 0.717) is 6.61 Å². The molecule has 0 saturated heterocycles. The maximum Gasteiger partial charge on any atom is 0.335 e. The van der Waals surface area contributed by atoms with Crippen LogP contribution in [0.1, 0.15) is 27.2 Å². The summed E-state index contributed by atoms with van der Waals surface area (Å²) in [7, 11) is 0. The minimum absolute atomic E-state index is 0.162. The van der Waals surface area contributed by atoms with Gasteiger partial charge in [0.2, 0.25) is 6.29 Å². The van der Waals surface area contributed by atoms with Crippen LogP contribution in [0.25, 0.3) is 0 Å². The van der Waals surface area contributed by atoms with Crippen LogP contribution in [0.2, 0.25) is 0 Å². The molecule has 0 aromatic carbocycles. The zero-order valence-corrected chi connectivity index (χ0v) is 11.2. The summed E-state index contributed by atoms with van der Waals surface area (Å²) in [5, 5.41) is 0. The fourth-order valence-corrected chi connectivity index (χ4v) is 0.852. The Bertz CT molecular complexity index is 332. The highest BCUT2D eigenvalue weighted by Gasteiger charge is 2.17. The molecule has 0 radical (unpaired) electrons. The van der Waals surface area contributed by atoms with Gasteiger partial charge in [0.25, 0.3) is 0 Å². The quantitative estimate of drug-likeness (QED) is 0.377. The van der Waals surface area contributed by atoms with Gasteiger partial charge in [0, 0.05) is 11.1 Å². The average molecular weight is 256 g/mol. The summed E-state index contributed by atoms with van der Waals surface area (Å²) in [6.07, 6.45) is -0.160. The molecule has 0 aliphatic heterocycles. The van der Waals surface area contributed by atoms with Crippen molar-refractivity contribution < 1.29 is 23.8 Å². The molecule has 0 aliphatic carbocycles. The maximum absolute atomic E-state index is 11.3. The molecular formula is C13H20O5. The van der Waals surface area contributed by atoms with Gasteiger partial charge >= 0.3 is 11.9 Å². The molecule has 0 aliphatic rings. The molecule has 0 heterocycles. The predicted octanol–water partition coefficient (Wildman–Crippen LogP) is 1.98. The molecule has 5 heteroatoms. The van der Waals surface area contributed by atoms with E-state index >= 15 is 0 Å². The Morgan fingerprint density at radius 2 is 1.67 bits per heavy atom. The molecule has 0 N–H and O–H groups in total. The maximum atomic E-state index is 11.3.